The van der Waals surface area contributed by atoms with Crippen LogP contribution in [0.25, 0.3) is 0 Å². The molecule has 1 aromatic rings. The summed E-state index contributed by atoms with van der Waals surface area (Å²) in [7, 11) is 1.38. The zero-order valence-electron chi connectivity index (χ0n) is 9.53. The first-order valence-corrected chi connectivity index (χ1v) is 4.90. The molecule has 0 spiro atoms. The highest BCUT2D eigenvalue weighted by Gasteiger charge is 2.33. The first-order chi connectivity index (χ1) is 7.92. The predicted molar refractivity (Wildman–Crippen MR) is 58.2 cm³/mol. The van der Waals surface area contributed by atoms with Crippen LogP contribution in [0.4, 0.5) is 4.39 Å². The third-order valence-electron chi connectivity index (χ3n) is 2.51. The quantitative estimate of drug-likeness (QED) is 0.870. The molecule has 4 nitrogen and oxygen atoms in total. The van der Waals surface area contributed by atoms with Gasteiger partial charge < -0.3 is 9.84 Å². The summed E-state index contributed by atoms with van der Waals surface area (Å²) in [4.78, 5) is 10.7. The second-order valence-corrected chi connectivity index (χ2v) is 3.86. The Hall–Kier alpha value is -2.09. The van der Waals surface area contributed by atoms with Crippen molar-refractivity contribution in [1.29, 1.82) is 5.26 Å². The van der Waals surface area contributed by atoms with Crippen LogP contribution >= 0.6 is 0 Å². The number of carboxylic acid groups (broad SMARTS) is 1. The van der Waals surface area contributed by atoms with Gasteiger partial charge in [-0.25, -0.2) is 4.39 Å². The van der Waals surface area contributed by atoms with E-state index >= 15 is 0 Å². The van der Waals surface area contributed by atoms with E-state index in [1.807, 2.05) is 6.07 Å². The standard InChI is InChI=1S/C12H12FNO3/c1-12(7-14,6-11(15)16)9-5-8(13)3-4-10(9)17-2/h3-5H,6H2,1-2H3,(H,15,16). The normalized spacial score (nSPS) is 13.5. The second kappa shape index (κ2) is 4.83. The summed E-state index contributed by atoms with van der Waals surface area (Å²) in [6, 6.07) is 5.60. The van der Waals surface area contributed by atoms with Crippen LogP contribution < -0.4 is 4.74 Å². The Bertz CT molecular complexity index is 481. The molecule has 0 radical (unpaired) electrons. The van der Waals surface area contributed by atoms with Crippen LogP contribution in [-0.4, -0.2) is 18.2 Å². The largest absolute Gasteiger partial charge is 0.496 e. The molecule has 0 amide bonds. The minimum atomic E-state index is -1.32. The molecule has 1 rings (SSSR count). The zero-order chi connectivity index (χ0) is 13.1. The van der Waals surface area contributed by atoms with Crippen LogP contribution in [0.1, 0.15) is 18.9 Å². The van der Waals surface area contributed by atoms with Gasteiger partial charge in [0.15, 0.2) is 0 Å². The predicted octanol–water partition coefficient (Wildman–Crippen LogP) is 2.09. The van der Waals surface area contributed by atoms with Gasteiger partial charge >= 0.3 is 5.97 Å². The van der Waals surface area contributed by atoms with Gasteiger partial charge in [0.05, 0.1) is 25.0 Å². The van der Waals surface area contributed by atoms with Gasteiger partial charge in [0.1, 0.15) is 11.6 Å². The van der Waals surface area contributed by atoms with Crippen LogP contribution in [0.5, 0.6) is 5.75 Å². The van der Waals surface area contributed by atoms with E-state index in [1.165, 1.54) is 26.2 Å². The number of methoxy groups -OCH3 is 1. The first-order valence-electron chi connectivity index (χ1n) is 4.90. The van der Waals surface area contributed by atoms with E-state index in [9.17, 15) is 9.18 Å². The van der Waals surface area contributed by atoms with E-state index < -0.39 is 23.6 Å². The Labute approximate surface area is 98.2 Å². The summed E-state index contributed by atoms with van der Waals surface area (Å²) in [5, 5.41) is 17.9. The molecule has 1 unspecified atom stereocenters. The van der Waals surface area contributed by atoms with Crippen molar-refractivity contribution in [3.05, 3.63) is 29.6 Å². The summed E-state index contributed by atoms with van der Waals surface area (Å²) < 4.78 is 18.2. The average Bonchev–Trinajstić information content (AvgIpc) is 2.28. The monoisotopic (exact) mass is 237 g/mol. The Kier molecular flexibility index (Phi) is 3.69. The van der Waals surface area contributed by atoms with E-state index in [1.54, 1.807) is 0 Å². The molecule has 1 atom stereocenters. The number of aliphatic carboxylic acids is 1. The summed E-state index contributed by atoms with van der Waals surface area (Å²) in [5.74, 6) is -1.36. The third-order valence-corrected chi connectivity index (χ3v) is 2.51. The zero-order valence-corrected chi connectivity index (χ0v) is 9.53. The fourth-order valence-corrected chi connectivity index (χ4v) is 1.61. The molecule has 0 saturated heterocycles. The van der Waals surface area contributed by atoms with Crippen molar-refractivity contribution in [2.24, 2.45) is 0 Å². The van der Waals surface area contributed by atoms with Crippen LogP contribution in [0.15, 0.2) is 18.2 Å². The number of benzene rings is 1. The number of hydrogen-bond acceptors (Lipinski definition) is 3. The van der Waals surface area contributed by atoms with Crippen molar-refractivity contribution >= 4 is 5.97 Å². The number of ether oxygens (including phenoxy) is 1. The van der Waals surface area contributed by atoms with Crippen LogP contribution in [0.3, 0.4) is 0 Å². The topological polar surface area (TPSA) is 70.3 Å². The molecule has 0 saturated carbocycles. The molecular formula is C12H12FNO3. The minimum Gasteiger partial charge on any atom is -0.496 e. The maximum absolute atomic E-state index is 13.2. The lowest BCUT2D eigenvalue weighted by molar-refractivity contribution is -0.137. The molecular weight excluding hydrogens is 225 g/mol. The minimum absolute atomic E-state index is 0.241. The molecule has 0 fully saturated rings. The first kappa shape index (κ1) is 13.0. The highest BCUT2D eigenvalue weighted by atomic mass is 19.1. The smallest absolute Gasteiger partial charge is 0.305 e. The number of halogens is 1. The van der Waals surface area contributed by atoms with Gasteiger partial charge in [-0.05, 0) is 25.1 Å². The van der Waals surface area contributed by atoms with Crippen LogP contribution in [0, 0.1) is 17.1 Å². The van der Waals surface area contributed by atoms with Crippen molar-refractivity contribution in [2.75, 3.05) is 7.11 Å². The van der Waals surface area contributed by atoms with E-state index in [-0.39, 0.29) is 5.56 Å². The van der Waals surface area contributed by atoms with E-state index in [0.717, 1.165) is 6.07 Å². The van der Waals surface area contributed by atoms with Gasteiger partial charge in [-0.15, -0.1) is 0 Å². The van der Waals surface area contributed by atoms with Crippen LogP contribution in [0.2, 0.25) is 0 Å². The fraction of sp³-hybridized carbons (Fsp3) is 0.333. The Morgan fingerprint density at radius 1 is 1.65 bits per heavy atom. The molecule has 0 aromatic heterocycles. The number of nitrogens with zero attached hydrogens (tertiary/aromatic N) is 1. The van der Waals surface area contributed by atoms with Crippen molar-refractivity contribution in [3.8, 4) is 11.8 Å². The maximum Gasteiger partial charge on any atom is 0.305 e. The van der Waals surface area contributed by atoms with Gasteiger partial charge in [-0.1, -0.05) is 0 Å². The molecule has 0 aliphatic rings. The molecule has 0 heterocycles. The average molecular weight is 237 g/mol. The number of carbonyl (C=O) groups is 1. The van der Waals surface area contributed by atoms with Crippen molar-refractivity contribution < 1.29 is 19.0 Å². The molecule has 0 bridgehead atoms. The van der Waals surface area contributed by atoms with Gasteiger partial charge in [0.2, 0.25) is 0 Å². The highest BCUT2D eigenvalue weighted by Crippen LogP contribution is 2.34. The number of hydrogen-bond donors (Lipinski definition) is 1. The molecule has 1 N–H and O–H groups in total. The SMILES string of the molecule is COc1ccc(F)cc1C(C)(C#N)CC(=O)O. The van der Waals surface area contributed by atoms with E-state index in [4.69, 9.17) is 15.1 Å². The number of rotatable bonds is 4. The fourth-order valence-electron chi connectivity index (χ4n) is 1.61. The van der Waals surface area contributed by atoms with Gasteiger partial charge in [0, 0.05) is 5.56 Å². The number of nitriles is 1. The number of carboxylic acids is 1. The van der Waals surface area contributed by atoms with Gasteiger partial charge in [-0.3, -0.25) is 4.79 Å². The van der Waals surface area contributed by atoms with Crippen LogP contribution in [-0.2, 0) is 10.2 Å². The molecule has 90 valence electrons. The van der Waals surface area contributed by atoms with E-state index in [2.05, 4.69) is 0 Å². The Morgan fingerprint density at radius 2 is 2.29 bits per heavy atom. The van der Waals surface area contributed by atoms with Crippen molar-refractivity contribution in [2.45, 2.75) is 18.8 Å². The molecule has 5 heteroatoms. The van der Waals surface area contributed by atoms with Crippen molar-refractivity contribution in [3.63, 3.8) is 0 Å². The van der Waals surface area contributed by atoms with Crippen molar-refractivity contribution in [1.82, 2.24) is 0 Å². The maximum atomic E-state index is 13.2. The summed E-state index contributed by atoms with van der Waals surface area (Å²) in [6.45, 7) is 1.44. The highest BCUT2D eigenvalue weighted by molar-refractivity contribution is 5.70. The molecule has 0 aliphatic heterocycles. The summed E-state index contributed by atoms with van der Waals surface area (Å²) >= 11 is 0. The molecule has 0 aliphatic carbocycles. The van der Waals surface area contributed by atoms with Gasteiger partial charge in [-0.2, -0.15) is 5.26 Å². The Balaban J connectivity index is 3.33. The molecule has 17 heavy (non-hydrogen) atoms. The molecule has 1 aromatic carbocycles. The lowest BCUT2D eigenvalue weighted by Crippen LogP contribution is -2.24. The Morgan fingerprint density at radius 3 is 2.76 bits per heavy atom. The second-order valence-electron chi connectivity index (χ2n) is 3.86. The van der Waals surface area contributed by atoms with Gasteiger partial charge in [0.25, 0.3) is 0 Å². The lowest BCUT2D eigenvalue weighted by atomic mass is 9.80. The summed E-state index contributed by atoms with van der Waals surface area (Å²) in [5.41, 5.74) is -1.08. The third kappa shape index (κ3) is 2.72. The lowest BCUT2D eigenvalue weighted by Gasteiger charge is -2.22. The van der Waals surface area contributed by atoms with E-state index in [0.29, 0.717) is 5.75 Å². The summed E-state index contributed by atoms with van der Waals surface area (Å²) in [6.07, 6.45) is -0.413.